The van der Waals surface area contributed by atoms with Crippen molar-refractivity contribution in [3.63, 3.8) is 0 Å². The highest BCUT2D eigenvalue weighted by Crippen LogP contribution is 2.26. The van der Waals surface area contributed by atoms with Gasteiger partial charge in [0.1, 0.15) is 11.6 Å². The van der Waals surface area contributed by atoms with Gasteiger partial charge in [-0.1, -0.05) is 38.1 Å². The van der Waals surface area contributed by atoms with Gasteiger partial charge in [-0.2, -0.15) is 0 Å². The van der Waals surface area contributed by atoms with Crippen LogP contribution in [0.1, 0.15) is 31.4 Å². The number of nitrogens with zero attached hydrogens (tertiary/aromatic N) is 1. The molecule has 0 saturated carbocycles. The Morgan fingerprint density at radius 1 is 1.44 bits per heavy atom. The maximum atomic E-state index is 12.7. The van der Waals surface area contributed by atoms with Crippen LogP contribution in [0.2, 0.25) is 0 Å². The number of hydrogen-bond acceptors (Lipinski definition) is 2. The Morgan fingerprint density at radius 3 is 2.67 bits per heavy atom. The summed E-state index contributed by atoms with van der Waals surface area (Å²) in [6.45, 7) is 6.76. The predicted octanol–water partition coefficient (Wildman–Crippen LogP) is 3.96. The molecule has 1 aromatic carbocycles. The van der Waals surface area contributed by atoms with Crippen molar-refractivity contribution in [1.82, 2.24) is 0 Å². The van der Waals surface area contributed by atoms with E-state index in [1.165, 1.54) is 6.92 Å². The van der Waals surface area contributed by atoms with Crippen molar-refractivity contribution in [2.75, 3.05) is 0 Å². The van der Waals surface area contributed by atoms with E-state index in [0.29, 0.717) is 12.1 Å². The first-order valence-corrected chi connectivity index (χ1v) is 6.03. The zero-order valence-electron chi connectivity index (χ0n) is 10.9. The molecule has 0 radical (unpaired) electrons. The summed E-state index contributed by atoms with van der Waals surface area (Å²) in [6.07, 6.45) is 3.25. The van der Waals surface area contributed by atoms with Gasteiger partial charge in [0, 0.05) is 6.42 Å². The molecule has 0 fully saturated rings. The number of aliphatic imine (C=N–C) groups is 1. The molecule has 0 aliphatic heterocycles. The van der Waals surface area contributed by atoms with Crippen LogP contribution in [0, 0.1) is 0 Å². The number of benzene rings is 1. The van der Waals surface area contributed by atoms with E-state index in [1.807, 2.05) is 18.2 Å². The lowest BCUT2D eigenvalue weighted by molar-refractivity contribution is -0.116. The highest BCUT2D eigenvalue weighted by atomic mass is 19.1. The second-order valence-electron chi connectivity index (χ2n) is 4.26. The summed E-state index contributed by atoms with van der Waals surface area (Å²) in [4.78, 5) is 15.4. The van der Waals surface area contributed by atoms with Gasteiger partial charge in [-0.25, -0.2) is 4.39 Å². The smallest absolute Gasteiger partial charge is 0.134 e. The number of carbonyl (C=O) groups is 1. The molecule has 0 aliphatic carbocycles. The number of aryl methyl sites for hydroxylation is 1. The predicted molar refractivity (Wildman–Crippen MR) is 73.2 cm³/mol. The number of halogens is 1. The third-order valence-corrected chi connectivity index (χ3v) is 2.50. The van der Waals surface area contributed by atoms with Gasteiger partial charge in [0.15, 0.2) is 0 Å². The Labute approximate surface area is 107 Å². The Morgan fingerprint density at radius 2 is 2.11 bits per heavy atom. The summed E-state index contributed by atoms with van der Waals surface area (Å²) in [6, 6.07) is 5.72. The third-order valence-electron chi connectivity index (χ3n) is 2.50. The molecule has 0 atom stereocenters. The molecule has 0 spiro atoms. The number of para-hydroxylation sites is 1. The topological polar surface area (TPSA) is 29.4 Å². The molecular formula is C15H18FNO. The quantitative estimate of drug-likeness (QED) is 0.700. The number of rotatable bonds is 6. The Bertz CT molecular complexity index is 477. The van der Waals surface area contributed by atoms with Crippen molar-refractivity contribution in [3.8, 4) is 0 Å². The maximum Gasteiger partial charge on any atom is 0.134 e. The van der Waals surface area contributed by atoms with E-state index in [2.05, 4.69) is 18.5 Å². The van der Waals surface area contributed by atoms with Gasteiger partial charge in [-0.15, -0.1) is 0 Å². The number of Topliss-reactive ketones (excluding diaryl/α,β-unsaturated/α-hetero) is 1. The molecule has 0 aromatic heterocycles. The van der Waals surface area contributed by atoms with Crippen molar-refractivity contribution in [3.05, 3.63) is 41.7 Å². The Balaban J connectivity index is 3.19. The lowest BCUT2D eigenvalue weighted by Crippen LogP contribution is -1.99. The first kappa shape index (κ1) is 14.3. The summed E-state index contributed by atoms with van der Waals surface area (Å²) in [5, 5.41) is 0. The summed E-state index contributed by atoms with van der Waals surface area (Å²) in [7, 11) is 0. The molecular weight excluding hydrogens is 229 g/mol. The molecule has 3 heteroatoms. The lowest BCUT2D eigenvalue weighted by atomic mass is 10.0. The first-order chi connectivity index (χ1) is 8.54. The fraction of sp³-hybridized carbons (Fsp3) is 0.333. The van der Waals surface area contributed by atoms with Gasteiger partial charge in [0.05, 0.1) is 11.9 Å². The SMILES string of the molecule is C=C(F)/C=N\c1c(CCC)cccc1CC(C)=O. The second-order valence-corrected chi connectivity index (χ2v) is 4.26. The fourth-order valence-electron chi connectivity index (χ4n) is 1.83. The standard InChI is InChI=1S/C15H18FNO/c1-4-6-13-7-5-8-14(9-12(3)18)15(13)17-10-11(2)16/h5,7-8,10H,2,4,6,9H2,1,3H3/b17-10-. The van der Waals surface area contributed by atoms with E-state index in [1.54, 1.807) is 0 Å². The number of ketones is 1. The lowest BCUT2D eigenvalue weighted by Gasteiger charge is -2.09. The molecule has 1 rings (SSSR count). The molecule has 18 heavy (non-hydrogen) atoms. The molecule has 0 N–H and O–H groups in total. The van der Waals surface area contributed by atoms with Gasteiger partial charge >= 0.3 is 0 Å². The van der Waals surface area contributed by atoms with Crippen LogP contribution >= 0.6 is 0 Å². The van der Waals surface area contributed by atoms with Gasteiger partial charge in [-0.3, -0.25) is 9.79 Å². The van der Waals surface area contributed by atoms with Crippen molar-refractivity contribution in [1.29, 1.82) is 0 Å². The molecule has 0 saturated heterocycles. The Hall–Kier alpha value is -1.77. The summed E-state index contributed by atoms with van der Waals surface area (Å²) in [5.41, 5.74) is 2.58. The minimum absolute atomic E-state index is 0.0687. The molecule has 0 heterocycles. The molecule has 0 aliphatic rings. The third kappa shape index (κ3) is 4.24. The van der Waals surface area contributed by atoms with E-state index < -0.39 is 5.83 Å². The van der Waals surface area contributed by atoms with Crippen LogP contribution in [0.3, 0.4) is 0 Å². The van der Waals surface area contributed by atoms with E-state index in [-0.39, 0.29) is 5.78 Å². The highest BCUT2D eigenvalue weighted by Gasteiger charge is 2.08. The van der Waals surface area contributed by atoms with Gasteiger partial charge in [0.25, 0.3) is 0 Å². The van der Waals surface area contributed by atoms with Crippen LogP contribution in [0.25, 0.3) is 0 Å². The van der Waals surface area contributed by atoms with Crippen molar-refractivity contribution in [2.24, 2.45) is 4.99 Å². The minimum atomic E-state index is -0.588. The van der Waals surface area contributed by atoms with Crippen LogP contribution in [0.15, 0.2) is 35.6 Å². The van der Waals surface area contributed by atoms with Crippen LogP contribution < -0.4 is 0 Å². The summed E-state index contributed by atoms with van der Waals surface area (Å²) >= 11 is 0. The number of hydrogen-bond donors (Lipinski definition) is 0. The van der Waals surface area contributed by atoms with E-state index in [0.717, 1.165) is 30.2 Å². The van der Waals surface area contributed by atoms with E-state index in [4.69, 9.17) is 0 Å². The normalized spacial score (nSPS) is 10.8. The zero-order valence-corrected chi connectivity index (χ0v) is 10.9. The van der Waals surface area contributed by atoms with Gasteiger partial charge in [0.2, 0.25) is 0 Å². The van der Waals surface area contributed by atoms with Crippen LogP contribution in [0.5, 0.6) is 0 Å². The molecule has 0 unspecified atom stereocenters. The monoisotopic (exact) mass is 247 g/mol. The van der Waals surface area contributed by atoms with Crippen molar-refractivity contribution >= 4 is 17.7 Å². The first-order valence-electron chi connectivity index (χ1n) is 6.03. The van der Waals surface area contributed by atoms with Crippen LogP contribution in [0.4, 0.5) is 10.1 Å². The van der Waals surface area contributed by atoms with Crippen LogP contribution in [-0.4, -0.2) is 12.0 Å². The summed E-state index contributed by atoms with van der Waals surface area (Å²) in [5.74, 6) is -0.519. The molecule has 0 amide bonds. The molecule has 2 nitrogen and oxygen atoms in total. The number of carbonyl (C=O) groups excluding carboxylic acids is 1. The fourth-order valence-corrected chi connectivity index (χ4v) is 1.83. The van der Waals surface area contributed by atoms with Gasteiger partial charge < -0.3 is 0 Å². The average molecular weight is 247 g/mol. The Kier molecular flexibility index (Phi) is 5.43. The van der Waals surface area contributed by atoms with Crippen LogP contribution in [-0.2, 0) is 17.6 Å². The van der Waals surface area contributed by atoms with Gasteiger partial charge in [-0.05, 0) is 24.5 Å². The largest absolute Gasteiger partial charge is 0.300 e. The second kappa shape index (κ2) is 6.84. The van der Waals surface area contributed by atoms with E-state index in [9.17, 15) is 9.18 Å². The van der Waals surface area contributed by atoms with E-state index >= 15 is 0 Å². The molecule has 0 bridgehead atoms. The maximum absolute atomic E-state index is 12.7. The molecule has 96 valence electrons. The van der Waals surface area contributed by atoms with Crippen molar-refractivity contribution < 1.29 is 9.18 Å². The molecule has 1 aromatic rings. The highest BCUT2D eigenvalue weighted by molar-refractivity contribution is 5.83. The van der Waals surface area contributed by atoms with Crippen molar-refractivity contribution in [2.45, 2.75) is 33.1 Å². The zero-order chi connectivity index (χ0) is 13.5. The minimum Gasteiger partial charge on any atom is -0.300 e. The number of allylic oxidation sites excluding steroid dienone is 1. The average Bonchev–Trinajstić information content (AvgIpc) is 2.27. The summed E-state index contributed by atoms with van der Waals surface area (Å²) < 4.78 is 12.7.